The van der Waals surface area contributed by atoms with Gasteiger partial charge in [-0.2, -0.15) is 0 Å². The van der Waals surface area contributed by atoms with Gasteiger partial charge < -0.3 is 20.9 Å². The summed E-state index contributed by atoms with van der Waals surface area (Å²) in [6, 6.07) is 3.22. The Morgan fingerprint density at radius 2 is 1.04 bits per heavy atom. The molecule has 1 saturated carbocycles. The summed E-state index contributed by atoms with van der Waals surface area (Å²) in [6.07, 6.45) is 5.92. The second-order valence-electron chi connectivity index (χ2n) is 8.31. The Morgan fingerprint density at radius 1 is 0.750 bits per heavy atom. The van der Waals surface area contributed by atoms with E-state index < -0.39 is 8.32 Å². The maximum absolute atomic E-state index is 10.7. The summed E-state index contributed by atoms with van der Waals surface area (Å²) in [4.78, 5) is 10.7. The normalized spacial score (nSPS) is 15.1. The molecule has 4 nitrogen and oxygen atoms in total. The first-order valence-electron chi connectivity index (χ1n) is 9.05. The molecule has 0 aliphatic heterocycles. The molecule has 0 aromatic carbocycles. The summed E-state index contributed by atoms with van der Waals surface area (Å²) in [5.41, 5.74) is 0. The van der Waals surface area contributed by atoms with E-state index in [0.717, 1.165) is 31.0 Å². The van der Waals surface area contributed by atoms with E-state index in [4.69, 9.17) is 5.11 Å². The van der Waals surface area contributed by atoms with Crippen molar-refractivity contribution in [1.29, 1.82) is 0 Å². The molecular weight excluding hydrogens is 400 g/mol. The van der Waals surface area contributed by atoms with Gasteiger partial charge in [0.05, 0.1) is 6.10 Å². The second-order valence-corrected chi connectivity index (χ2v) is 12.0. The summed E-state index contributed by atoms with van der Waals surface area (Å²) in [6.45, 7) is 13.3. The molecule has 1 fully saturated rings. The van der Waals surface area contributed by atoms with Crippen LogP contribution < -0.4 is 0 Å². The number of hydrogen-bond donors (Lipinski definition) is 2. The van der Waals surface area contributed by atoms with Crippen molar-refractivity contribution in [1.82, 2.24) is 0 Å². The Bertz CT molecular complexity index is 231. The first-order valence-corrected chi connectivity index (χ1v) is 11.6. The van der Waals surface area contributed by atoms with Crippen LogP contribution in [-0.2, 0) is 26.2 Å². The molecule has 0 amide bonds. The van der Waals surface area contributed by atoms with Crippen molar-refractivity contribution in [2.75, 3.05) is 0 Å². The number of hydrogen-bond acceptors (Lipinski definition) is 2. The average molecular weight is 444 g/mol. The zero-order valence-electron chi connectivity index (χ0n) is 16.9. The van der Waals surface area contributed by atoms with Crippen LogP contribution in [0, 0.1) is 17.8 Å². The molecule has 0 aromatic heterocycles. The van der Waals surface area contributed by atoms with Crippen molar-refractivity contribution in [3.63, 3.8) is 0 Å². The predicted octanol–water partition coefficient (Wildman–Crippen LogP) is 3.55. The van der Waals surface area contributed by atoms with E-state index in [2.05, 4.69) is 41.5 Å². The van der Waals surface area contributed by atoms with Gasteiger partial charge in [0, 0.05) is 26.2 Å². The molecule has 0 heterocycles. The Labute approximate surface area is 170 Å². The van der Waals surface area contributed by atoms with Gasteiger partial charge in [-0.05, 0) is 48.7 Å². The van der Waals surface area contributed by atoms with E-state index in [1.807, 2.05) is 0 Å². The topological polar surface area (TPSA) is 103 Å². The fraction of sp³-hybridized carbons (Fsp3) is 1.00. The third kappa shape index (κ3) is 19.3. The van der Waals surface area contributed by atoms with Crippen LogP contribution in [0.1, 0.15) is 73.6 Å². The molecule has 24 heavy (non-hydrogen) atoms. The standard InChI is InChI=1S/C12H28OSi.C6H12O.2H2O.Zr/c1-10(2)7-14(13,8-11(3)4)9-12(5)6;7-6-4-2-1-3-5-6;;;/h10-13H,7-9H2,1-6H3;6-7H,1-5H2;2*1H2;. The molecule has 6 N–H and O–H groups in total. The largest absolute Gasteiger partial charge is 0.432 e. The first-order chi connectivity index (χ1) is 9.64. The second kappa shape index (κ2) is 17.4. The molecule has 0 aromatic rings. The summed E-state index contributed by atoms with van der Waals surface area (Å²) >= 11 is 0. The van der Waals surface area contributed by atoms with Crippen LogP contribution in [0.2, 0.25) is 18.1 Å². The first kappa shape index (κ1) is 32.6. The van der Waals surface area contributed by atoms with Crippen LogP contribution in [0.4, 0.5) is 0 Å². The molecule has 0 radical (unpaired) electrons. The van der Waals surface area contributed by atoms with Crippen LogP contribution in [-0.4, -0.2) is 35.3 Å². The Balaban J connectivity index is -0.000000171. The quantitative estimate of drug-likeness (QED) is 0.613. The fourth-order valence-corrected chi connectivity index (χ4v) is 8.67. The van der Waals surface area contributed by atoms with Crippen LogP contribution in [0.25, 0.3) is 0 Å². The molecule has 1 aliphatic rings. The van der Waals surface area contributed by atoms with E-state index in [1.165, 1.54) is 19.3 Å². The van der Waals surface area contributed by atoms with E-state index in [0.29, 0.717) is 17.8 Å². The van der Waals surface area contributed by atoms with E-state index in [9.17, 15) is 4.80 Å². The molecule has 6 heteroatoms. The van der Waals surface area contributed by atoms with Crippen molar-refractivity contribution in [2.24, 2.45) is 17.8 Å². The molecule has 0 unspecified atom stereocenters. The SMILES string of the molecule is CC(C)C[Si](O)(CC(C)C)CC(C)C.O.O.OC1CCCCC1.[Zr]. The zero-order valence-corrected chi connectivity index (χ0v) is 20.3. The minimum Gasteiger partial charge on any atom is -0.432 e. The van der Waals surface area contributed by atoms with Gasteiger partial charge in [-0.1, -0.05) is 60.8 Å². The van der Waals surface area contributed by atoms with Gasteiger partial charge >= 0.3 is 0 Å². The van der Waals surface area contributed by atoms with Gasteiger partial charge in [-0.25, -0.2) is 0 Å². The Morgan fingerprint density at radius 3 is 1.21 bits per heavy atom. The fourth-order valence-electron chi connectivity index (χ4n) is 3.61. The summed E-state index contributed by atoms with van der Waals surface area (Å²) in [7, 11) is -1.94. The van der Waals surface area contributed by atoms with Crippen molar-refractivity contribution in [3.05, 3.63) is 0 Å². The maximum atomic E-state index is 10.7. The number of aliphatic hydroxyl groups is 1. The van der Waals surface area contributed by atoms with Gasteiger partial charge in [-0.3, -0.25) is 0 Å². The van der Waals surface area contributed by atoms with Gasteiger partial charge in [0.1, 0.15) is 0 Å². The molecule has 0 saturated heterocycles. The Hall–Kier alpha value is 0.940. The molecule has 0 spiro atoms. The van der Waals surface area contributed by atoms with Crippen LogP contribution in [0.3, 0.4) is 0 Å². The van der Waals surface area contributed by atoms with Gasteiger partial charge in [0.2, 0.25) is 0 Å². The summed E-state index contributed by atoms with van der Waals surface area (Å²) in [5.74, 6) is 1.93. The maximum Gasteiger partial charge on any atom is 0.189 e. The van der Waals surface area contributed by atoms with Crippen molar-refractivity contribution < 1.29 is 47.1 Å². The van der Waals surface area contributed by atoms with Crippen molar-refractivity contribution >= 4 is 8.32 Å². The minimum atomic E-state index is -1.94. The monoisotopic (exact) mass is 442 g/mol. The predicted molar refractivity (Wildman–Crippen MR) is 103 cm³/mol. The zero-order chi connectivity index (χ0) is 16.5. The minimum absolute atomic E-state index is 0. The third-order valence-electron chi connectivity index (χ3n) is 3.94. The van der Waals surface area contributed by atoms with Crippen LogP contribution >= 0.6 is 0 Å². The smallest absolute Gasteiger partial charge is 0.189 e. The van der Waals surface area contributed by atoms with E-state index in [1.54, 1.807) is 0 Å². The van der Waals surface area contributed by atoms with E-state index in [-0.39, 0.29) is 43.3 Å². The summed E-state index contributed by atoms with van der Waals surface area (Å²) < 4.78 is 0. The summed E-state index contributed by atoms with van der Waals surface area (Å²) in [5, 5.41) is 8.91. The van der Waals surface area contributed by atoms with E-state index >= 15 is 0 Å². The van der Waals surface area contributed by atoms with Gasteiger partial charge in [0.15, 0.2) is 8.32 Å². The molecule has 1 rings (SSSR count). The Kier molecular flexibility index (Phi) is 23.6. The third-order valence-corrected chi connectivity index (χ3v) is 8.67. The van der Waals surface area contributed by atoms with Crippen LogP contribution in [0.15, 0.2) is 0 Å². The molecule has 0 bridgehead atoms. The molecule has 1 aliphatic carbocycles. The van der Waals surface area contributed by atoms with Gasteiger partial charge in [0.25, 0.3) is 0 Å². The molecule has 148 valence electrons. The molecule has 0 atom stereocenters. The van der Waals surface area contributed by atoms with Crippen LogP contribution in [0.5, 0.6) is 0 Å². The average Bonchev–Trinajstić information content (AvgIpc) is 2.26. The number of aliphatic hydroxyl groups excluding tert-OH is 1. The number of rotatable bonds is 6. The van der Waals surface area contributed by atoms with Crippen molar-refractivity contribution in [3.8, 4) is 0 Å². The van der Waals surface area contributed by atoms with Crippen molar-refractivity contribution in [2.45, 2.75) is 97.9 Å². The molecular formula is C18H44O4SiZr. The van der Waals surface area contributed by atoms with Gasteiger partial charge in [-0.15, -0.1) is 0 Å².